The predicted molar refractivity (Wildman–Crippen MR) is 134 cm³/mol. The Morgan fingerprint density at radius 2 is 1.79 bits per heavy atom. The number of benzene rings is 2. The van der Waals surface area contributed by atoms with Crippen molar-refractivity contribution in [1.29, 1.82) is 0 Å². The van der Waals surface area contributed by atoms with Gasteiger partial charge in [-0.25, -0.2) is 4.57 Å². The Morgan fingerprint density at radius 1 is 1.06 bits per heavy atom. The van der Waals surface area contributed by atoms with Crippen LogP contribution in [0.3, 0.4) is 0 Å². The number of para-hydroxylation sites is 1. The Bertz CT molecular complexity index is 1500. The number of hydrogen-bond donors (Lipinski definition) is 0. The van der Waals surface area contributed by atoms with Crippen LogP contribution < -0.4 is 36.6 Å². The number of nitrogens with zero attached hydrogens (tertiary/aromatic N) is 3. The van der Waals surface area contributed by atoms with Crippen LogP contribution in [-0.4, -0.2) is 11.6 Å². The maximum absolute atomic E-state index is 13.7. The minimum absolute atomic E-state index is 0. The summed E-state index contributed by atoms with van der Waals surface area (Å²) in [6.07, 6.45) is 3.96. The first kappa shape index (κ1) is 23.6. The maximum Gasteiger partial charge on any atom is 0.272 e. The summed E-state index contributed by atoms with van der Waals surface area (Å²) in [7, 11) is 4.00. The molecule has 1 aliphatic heterocycles. The molecular weight excluding hydrogens is 493 g/mol. The van der Waals surface area contributed by atoms with E-state index >= 15 is 0 Å². The van der Waals surface area contributed by atoms with Crippen LogP contribution in [0.2, 0.25) is 5.02 Å². The summed E-state index contributed by atoms with van der Waals surface area (Å²) in [5, 5.41) is 1.64. The van der Waals surface area contributed by atoms with E-state index in [0.717, 1.165) is 31.2 Å². The molecule has 0 atom stereocenters. The molecule has 33 heavy (non-hydrogen) atoms. The highest BCUT2D eigenvalue weighted by Crippen LogP contribution is 2.44. The summed E-state index contributed by atoms with van der Waals surface area (Å²) in [6.45, 7) is 0.515. The normalized spacial score (nSPS) is 14.9. The number of fused-ring (bicyclic) bond motifs is 1. The van der Waals surface area contributed by atoms with Crippen molar-refractivity contribution in [2.75, 3.05) is 11.9 Å². The van der Waals surface area contributed by atoms with Crippen LogP contribution in [0, 0.1) is 0 Å². The first-order chi connectivity index (χ1) is 15.5. The average Bonchev–Trinajstić information content (AvgIpc) is 3.29. The minimum Gasteiger partial charge on any atom is -1.00 e. The molecule has 8 heteroatoms. The molecule has 0 bridgehead atoms. The average molecular weight is 515 g/mol. The lowest BCUT2D eigenvalue weighted by Crippen LogP contribution is -3.00. The first-order valence-corrected chi connectivity index (χ1v) is 12.2. The molecule has 0 aliphatic carbocycles. The third-order valence-electron chi connectivity index (χ3n) is 5.45. The van der Waals surface area contributed by atoms with Crippen LogP contribution in [0.5, 0.6) is 0 Å². The van der Waals surface area contributed by atoms with E-state index in [9.17, 15) is 4.79 Å². The molecule has 4 nitrogen and oxygen atoms in total. The Hall–Kier alpha value is -2.51. The van der Waals surface area contributed by atoms with Gasteiger partial charge in [0.15, 0.2) is 6.20 Å². The molecule has 0 saturated heterocycles. The zero-order valence-corrected chi connectivity index (χ0v) is 21.2. The van der Waals surface area contributed by atoms with E-state index in [1.165, 1.54) is 16.2 Å². The highest BCUT2D eigenvalue weighted by Gasteiger charge is 2.24. The quantitative estimate of drug-likeness (QED) is 0.375. The van der Waals surface area contributed by atoms with Gasteiger partial charge in [0.25, 0.3) is 5.56 Å². The highest BCUT2D eigenvalue weighted by molar-refractivity contribution is 8.08. The number of pyridine rings is 1. The molecule has 168 valence electrons. The van der Waals surface area contributed by atoms with E-state index in [-0.39, 0.29) is 18.0 Å². The number of rotatable bonds is 3. The lowest BCUT2D eigenvalue weighted by atomic mass is 10.2. The van der Waals surface area contributed by atoms with Gasteiger partial charge in [0.1, 0.15) is 21.3 Å². The topological polar surface area (TPSA) is 29.1 Å². The molecule has 0 spiro atoms. The van der Waals surface area contributed by atoms with Crippen molar-refractivity contribution in [3.63, 3.8) is 0 Å². The number of halogens is 2. The van der Waals surface area contributed by atoms with Gasteiger partial charge in [0.05, 0.1) is 17.3 Å². The lowest BCUT2D eigenvalue weighted by Gasteiger charge is -2.11. The Morgan fingerprint density at radius 3 is 2.55 bits per heavy atom. The van der Waals surface area contributed by atoms with E-state index in [4.69, 9.17) is 11.6 Å². The highest BCUT2D eigenvalue weighted by atomic mass is 35.5. The minimum atomic E-state index is 0. The number of aryl methyl sites for hydroxylation is 1. The zero-order chi connectivity index (χ0) is 22.2. The largest absolute Gasteiger partial charge is 1.00 e. The number of aromatic nitrogens is 2. The van der Waals surface area contributed by atoms with Crippen molar-refractivity contribution in [2.24, 2.45) is 7.05 Å². The summed E-state index contributed by atoms with van der Waals surface area (Å²) in [4.78, 5) is 17.0. The first-order valence-electron chi connectivity index (χ1n) is 10.2. The second-order valence-corrected chi connectivity index (χ2v) is 10.1. The molecule has 2 aromatic carbocycles. The molecule has 0 N–H and O–H groups in total. The van der Waals surface area contributed by atoms with Crippen molar-refractivity contribution >= 4 is 51.5 Å². The van der Waals surface area contributed by atoms with Gasteiger partial charge < -0.3 is 17.3 Å². The van der Waals surface area contributed by atoms with Gasteiger partial charge in [-0.05, 0) is 17.7 Å². The maximum atomic E-state index is 13.7. The second-order valence-electron chi connectivity index (χ2n) is 7.61. The van der Waals surface area contributed by atoms with Crippen LogP contribution in [0.1, 0.15) is 11.3 Å². The smallest absolute Gasteiger partial charge is 0.272 e. The van der Waals surface area contributed by atoms with E-state index in [1.807, 2.05) is 90.1 Å². The van der Waals surface area contributed by atoms with Gasteiger partial charge in [-0.1, -0.05) is 65.8 Å². The van der Waals surface area contributed by atoms with E-state index in [0.29, 0.717) is 11.6 Å². The monoisotopic (exact) mass is 513 g/mol. The summed E-state index contributed by atoms with van der Waals surface area (Å²) in [5.41, 5.74) is 3.18. The van der Waals surface area contributed by atoms with Crippen molar-refractivity contribution in [2.45, 2.75) is 11.4 Å². The van der Waals surface area contributed by atoms with E-state index < -0.39 is 0 Å². The fourth-order valence-corrected chi connectivity index (χ4v) is 6.28. The van der Waals surface area contributed by atoms with Crippen molar-refractivity contribution in [3.8, 4) is 0 Å². The van der Waals surface area contributed by atoms with Crippen molar-refractivity contribution < 1.29 is 17.0 Å². The fourth-order valence-electron chi connectivity index (χ4n) is 3.72. The molecule has 0 amide bonds. The molecule has 0 saturated carbocycles. The van der Waals surface area contributed by atoms with Crippen molar-refractivity contribution in [3.05, 3.63) is 109 Å². The summed E-state index contributed by atoms with van der Waals surface area (Å²) >= 11 is 9.43. The lowest BCUT2D eigenvalue weighted by molar-refractivity contribution is -0.673. The number of thioether (sulfide) groups is 1. The summed E-state index contributed by atoms with van der Waals surface area (Å²) in [6, 6.07) is 22.1. The van der Waals surface area contributed by atoms with Crippen LogP contribution in [0.15, 0.2) is 82.6 Å². The van der Waals surface area contributed by atoms with Crippen molar-refractivity contribution in [1.82, 2.24) is 4.57 Å². The summed E-state index contributed by atoms with van der Waals surface area (Å²) < 4.78 is 5.51. The Labute approximate surface area is 211 Å². The Balaban J connectivity index is 0.00000259. The molecule has 3 heterocycles. The number of anilines is 1. The molecule has 0 unspecified atom stereocenters. The molecule has 2 aromatic heterocycles. The molecular formula is C25H21Cl2N3OS2. The second kappa shape index (κ2) is 9.77. The van der Waals surface area contributed by atoms with Crippen LogP contribution in [0.25, 0.3) is 11.1 Å². The van der Waals surface area contributed by atoms with Crippen LogP contribution in [-0.2, 0) is 13.6 Å². The van der Waals surface area contributed by atoms with Gasteiger partial charge in [0.2, 0.25) is 5.69 Å². The number of hydrogen-bond acceptors (Lipinski definition) is 4. The van der Waals surface area contributed by atoms with E-state index in [2.05, 4.69) is 17.0 Å². The third-order valence-corrected chi connectivity index (χ3v) is 8.17. The van der Waals surface area contributed by atoms with Crippen LogP contribution >= 0.6 is 34.7 Å². The predicted octanol–water partition coefficient (Wildman–Crippen LogP) is 0.577. The van der Waals surface area contributed by atoms with Gasteiger partial charge in [-0.2, -0.15) is 0 Å². The zero-order valence-electron chi connectivity index (χ0n) is 18.0. The Kier molecular flexibility index (Phi) is 7.00. The molecule has 5 rings (SSSR count). The van der Waals surface area contributed by atoms with Gasteiger partial charge in [-0.3, -0.25) is 9.36 Å². The summed E-state index contributed by atoms with van der Waals surface area (Å²) in [5.74, 6) is 0. The molecule has 1 aliphatic rings. The molecule has 0 fully saturated rings. The van der Waals surface area contributed by atoms with Gasteiger partial charge in [-0.15, -0.1) is 11.3 Å². The van der Waals surface area contributed by atoms with Gasteiger partial charge >= 0.3 is 0 Å². The third kappa shape index (κ3) is 4.62. The SMILES string of the molecule is CN1/C(=c2\s/c(=C\c3cc(Cl)cc[n+]3C)n(Cc3ccccc3)c2=O)Sc2ccccc21.[Cl-]. The van der Waals surface area contributed by atoms with Gasteiger partial charge in [0, 0.05) is 30.2 Å². The standard InChI is InChI=1S/C25H21ClN3OS2.ClH/c1-27-13-12-18(26)14-19(27)15-22-29(16-17-8-4-3-5-9-17)24(30)23(32-22)25-28(2)20-10-6-7-11-21(20)31-25;/h3-15H,16H2,1-2H3;1H/q+1;/p-1/b25-23+;. The number of thiazole rings is 1. The van der Waals surface area contributed by atoms with Crippen LogP contribution in [0.4, 0.5) is 5.69 Å². The van der Waals surface area contributed by atoms with E-state index in [1.54, 1.807) is 11.8 Å². The fraction of sp³-hybridized carbons (Fsp3) is 0.120. The molecule has 0 radical (unpaired) electrons. The molecule has 4 aromatic rings.